The number of halogens is 1. The summed E-state index contributed by atoms with van der Waals surface area (Å²) in [5.74, 6) is 0.615. The molecule has 0 aliphatic carbocycles. The third-order valence-electron chi connectivity index (χ3n) is 3.26. The maximum absolute atomic E-state index is 11.9. The van der Waals surface area contributed by atoms with Gasteiger partial charge < -0.3 is 20.5 Å². The Labute approximate surface area is 165 Å². The van der Waals surface area contributed by atoms with Gasteiger partial charge >= 0.3 is 0 Å². The lowest BCUT2D eigenvalue weighted by Gasteiger charge is -2.12. The van der Waals surface area contributed by atoms with E-state index >= 15 is 0 Å². The van der Waals surface area contributed by atoms with Crippen molar-refractivity contribution in [3.05, 3.63) is 54.6 Å². The Bertz CT molecular complexity index is 630. The quantitative estimate of drug-likeness (QED) is 0.243. The van der Waals surface area contributed by atoms with E-state index in [9.17, 15) is 4.79 Å². The first-order chi connectivity index (χ1) is 11.8. The third kappa shape index (κ3) is 8.01. The van der Waals surface area contributed by atoms with Crippen LogP contribution >= 0.6 is 24.0 Å². The smallest absolute Gasteiger partial charge is 0.252 e. The lowest BCUT2D eigenvalue weighted by molar-refractivity contribution is 0.0954. The third-order valence-corrected chi connectivity index (χ3v) is 3.26. The van der Waals surface area contributed by atoms with Gasteiger partial charge in [0.1, 0.15) is 0 Å². The molecule has 8 heteroatoms. The highest BCUT2D eigenvalue weighted by molar-refractivity contribution is 14.0. The van der Waals surface area contributed by atoms with E-state index < -0.39 is 0 Å². The molecule has 2 aromatic heterocycles. The first-order valence-electron chi connectivity index (χ1n) is 8.10. The first-order valence-corrected chi connectivity index (χ1v) is 8.10. The van der Waals surface area contributed by atoms with Crippen LogP contribution in [0.5, 0.6) is 0 Å². The van der Waals surface area contributed by atoms with Crippen molar-refractivity contribution in [2.45, 2.75) is 13.5 Å². The molecule has 0 bridgehead atoms. The van der Waals surface area contributed by atoms with E-state index in [1.165, 1.54) is 0 Å². The highest BCUT2D eigenvalue weighted by atomic mass is 127. The summed E-state index contributed by atoms with van der Waals surface area (Å²) in [5, 5.41) is 9.29. The van der Waals surface area contributed by atoms with Crippen molar-refractivity contribution in [1.29, 1.82) is 0 Å². The van der Waals surface area contributed by atoms with Gasteiger partial charge in [-0.2, -0.15) is 0 Å². The van der Waals surface area contributed by atoms with Gasteiger partial charge in [-0.25, -0.2) is 0 Å². The lowest BCUT2D eigenvalue weighted by atomic mass is 10.3. The first kappa shape index (κ1) is 20.9. The number of carbonyl (C=O) groups excluding carboxylic acids is 1. The van der Waals surface area contributed by atoms with Crippen LogP contribution < -0.4 is 16.0 Å². The van der Waals surface area contributed by atoms with E-state index in [0.29, 0.717) is 18.7 Å². The van der Waals surface area contributed by atoms with E-state index in [4.69, 9.17) is 0 Å². The molecular weight excluding hydrogens is 431 g/mol. The van der Waals surface area contributed by atoms with Gasteiger partial charge in [-0.1, -0.05) is 0 Å². The lowest BCUT2D eigenvalue weighted by Crippen LogP contribution is -2.39. The fraction of sp³-hybridized carbons (Fsp3) is 0.353. The zero-order chi connectivity index (χ0) is 17.0. The van der Waals surface area contributed by atoms with Crippen LogP contribution in [-0.2, 0) is 6.54 Å². The second kappa shape index (κ2) is 12.3. The Morgan fingerprint density at radius 2 is 1.96 bits per heavy atom. The van der Waals surface area contributed by atoms with Gasteiger partial charge in [0.2, 0.25) is 0 Å². The molecule has 0 fully saturated rings. The summed E-state index contributed by atoms with van der Waals surface area (Å²) in [7, 11) is 0. The van der Waals surface area contributed by atoms with Crippen molar-refractivity contribution in [3.63, 3.8) is 0 Å². The number of amides is 1. The van der Waals surface area contributed by atoms with Crippen molar-refractivity contribution >= 4 is 35.8 Å². The Balaban J connectivity index is 0.00000312. The molecule has 0 aromatic carbocycles. The summed E-state index contributed by atoms with van der Waals surface area (Å²) in [6.45, 7) is 5.44. The Kier molecular flexibility index (Phi) is 10.3. The fourth-order valence-corrected chi connectivity index (χ4v) is 2.10. The highest BCUT2D eigenvalue weighted by Gasteiger charge is 2.03. The summed E-state index contributed by atoms with van der Waals surface area (Å²) in [4.78, 5) is 20.3. The minimum absolute atomic E-state index is 0. The molecule has 25 heavy (non-hydrogen) atoms. The van der Waals surface area contributed by atoms with Gasteiger partial charge in [0.25, 0.3) is 5.91 Å². The second-order valence-electron chi connectivity index (χ2n) is 5.11. The summed E-state index contributed by atoms with van der Waals surface area (Å²) < 4.78 is 2.10. The molecule has 0 saturated heterocycles. The number of aliphatic imine (C=N–C) groups is 1. The molecule has 136 valence electrons. The van der Waals surface area contributed by atoms with Crippen LogP contribution in [0.3, 0.4) is 0 Å². The van der Waals surface area contributed by atoms with E-state index in [-0.39, 0.29) is 29.9 Å². The number of guanidine groups is 1. The topological polar surface area (TPSA) is 83.3 Å². The normalized spacial score (nSPS) is 10.7. The SMILES string of the molecule is CCNC(=NCCNC(=O)c1cccnc1)NCCn1cccc1.I. The molecule has 0 unspecified atom stereocenters. The van der Waals surface area contributed by atoms with Crippen LogP contribution in [0.4, 0.5) is 0 Å². The molecule has 0 radical (unpaired) electrons. The van der Waals surface area contributed by atoms with Gasteiger partial charge in [-0.05, 0) is 31.2 Å². The van der Waals surface area contributed by atoms with Crippen LogP contribution in [0.2, 0.25) is 0 Å². The van der Waals surface area contributed by atoms with Crippen molar-refractivity contribution in [2.75, 3.05) is 26.2 Å². The average Bonchev–Trinajstić information content (AvgIpc) is 3.12. The van der Waals surface area contributed by atoms with E-state index in [1.807, 2.05) is 31.5 Å². The fourth-order valence-electron chi connectivity index (χ4n) is 2.10. The minimum Gasteiger partial charge on any atom is -0.357 e. The molecule has 3 N–H and O–H groups in total. The van der Waals surface area contributed by atoms with Crippen molar-refractivity contribution in [2.24, 2.45) is 4.99 Å². The number of hydrogen-bond acceptors (Lipinski definition) is 3. The Morgan fingerprint density at radius 3 is 2.64 bits per heavy atom. The molecule has 0 aliphatic heterocycles. The number of hydrogen-bond donors (Lipinski definition) is 3. The largest absolute Gasteiger partial charge is 0.357 e. The molecule has 7 nitrogen and oxygen atoms in total. The van der Waals surface area contributed by atoms with Crippen LogP contribution in [0.25, 0.3) is 0 Å². The summed E-state index contributed by atoms with van der Waals surface area (Å²) in [5.41, 5.74) is 0.554. The van der Waals surface area contributed by atoms with Crippen LogP contribution in [0.15, 0.2) is 54.0 Å². The number of rotatable bonds is 8. The number of nitrogens with one attached hydrogen (secondary N) is 3. The van der Waals surface area contributed by atoms with Gasteiger partial charge in [0.15, 0.2) is 5.96 Å². The molecular formula is C17H25IN6O. The molecule has 0 atom stereocenters. The monoisotopic (exact) mass is 456 g/mol. The number of nitrogens with zero attached hydrogens (tertiary/aromatic N) is 3. The highest BCUT2D eigenvalue weighted by Crippen LogP contribution is 1.94. The van der Waals surface area contributed by atoms with Gasteiger partial charge in [0.05, 0.1) is 12.1 Å². The van der Waals surface area contributed by atoms with Crippen LogP contribution in [0, 0.1) is 0 Å². The van der Waals surface area contributed by atoms with Gasteiger partial charge in [-0.15, -0.1) is 24.0 Å². The number of carbonyl (C=O) groups is 1. The predicted octanol–water partition coefficient (Wildman–Crippen LogP) is 1.49. The number of aromatic nitrogens is 2. The maximum atomic E-state index is 11.9. The molecule has 2 rings (SSSR count). The summed E-state index contributed by atoms with van der Waals surface area (Å²) in [6.07, 6.45) is 7.24. The number of pyridine rings is 1. The summed E-state index contributed by atoms with van der Waals surface area (Å²) in [6, 6.07) is 7.48. The molecule has 1 amide bonds. The Morgan fingerprint density at radius 1 is 1.16 bits per heavy atom. The molecule has 0 spiro atoms. The van der Waals surface area contributed by atoms with Gasteiger partial charge in [-0.3, -0.25) is 14.8 Å². The molecule has 0 aliphatic rings. The second-order valence-corrected chi connectivity index (χ2v) is 5.11. The maximum Gasteiger partial charge on any atom is 0.252 e. The van der Waals surface area contributed by atoms with E-state index in [1.54, 1.807) is 24.5 Å². The zero-order valence-corrected chi connectivity index (χ0v) is 16.6. The molecule has 0 saturated carbocycles. The van der Waals surface area contributed by atoms with Crippen molar-refractivity contribution in [3.8, 4) is 0 Å². The van der Waals surface area contributed by atoms with Crippen molar-refractivity contribution < 1.29 is 4.79 Å². The molecule has 2 heterocycles. The standard InChI is InChI=1S/C17H24N6O.HI/c1-2-19-17(22-10-13-23-11-3-4-12-23)21-9-8-20-16(24)15-6-5-7-18-14-15;/h3-7,11-12,14H,2,8-10,13H2,1H3,(H,20,24)(H2,19,21,22);1H. The van der Waals surface area contributed by atoms with Crippen LogP contribution in [0.1, 0.15) is 17.3 Å². The summed E-state index contributed by atoms with van der Waals surface area (Å²) >= 11 is 0. The Hall–Kier alpha value is -2.10. The molecule has 2 aromatic rings. The minimum atomic E-state index is -0.135. The van der Waals surface area contributed by atoms with Crippen molar-refractivity contribution in [1.82, 2.24) is 25.5 Å². The average molecular weight is 456 g/mol. The van der Waals surface area contributed by atoms with Crippen LogP contribution in [-0.4, -0.2) is 47.6 Å². The van der Waals surface area contributed by atoms with E-state index in [0.717, 1.165) is 25.6 Å². The predicted molar refractivity (Wildman–Crippen MR) is 110 cm³/mol. The van der Waals surface area contributed by atoms with E-state index in [2.05, 4.69) is 30.5 Å². The zero-order valence-electron chi connectivity index (χ0n) is 14.3. The van der Waals surface area contributed by atoms with Gasteiger partial charge in [0, 0.05) is 51.0 Å².